The number of benzene rings is 1. The van der Waals surface area contributed by atoms with Gasteiger partial charge in [-0.3, -0.25) is 9.59 Å². The summed E-state index contributed by atoms with van der Waals surface area (Å²) in [5.41, 5.74) is 12.9. The molecule has 0 saturated heterocycles. The Bertz CT molecular complexity index is 1140. The molecular formula is C24H27N3O3Si. The van der Waals surface area contributed by atoms with Crippen LogP contribution in [0.5, 0.6) is 5.75 Å². The summed E-state index contributed by atoms with van der Waals surface area (Å²) in [7, 11) is -1.57. The number of Topliss-reactive ketones (excluding diaryl/α,β-unsaturated/α-hetero) is 2. The van der Waals surface area contributed by atoms with Crippen LogP contribution in [0.25, 0.3) is 16.5 Å². The van der Waals surface area contributed by atoms with Crippen molar-refractivity contribution in [3.05, 3.63) is 74.2 Å². The van der Waals surface area contributed by atoms with Gasteiger partial charge in [0.1, 0.15) is 5.75 Å². The summed E-state index contributed by atoms with van der Waals surface area (Å²) in [5, 5.41) is 3.85. The largest absolute Gasteiger partial charge is 0.546 e. The van der Waals surface area contributed by atoms with Crippen molar-refractivity contribution < 1.29 is 14.0 Å². The maximum absolute atomic E-state index is 13.1. The van der Waals surface area contributed by atoms with Gasteiger partial charge in [0.25, 0.3) is 0 Å². The van der Waals surface area contributed by atoms with E-state index in [1.165, 1.54) is 0 Å². The molecule has 1 aromatic carbocycles. The second-order valence-corrected chi connectivity index (χ2v) is 11.3. The second kappa shape index (κ2) is 8.53. The van der Waals surface area contributed by atoms with Crippen LogP contribution in [-0.4, -0.2) is 20.6 Å². The van der Waals surface area contributed by atoms with Crippen LogP contribution in [0.4, 0.5) is 5.69 Å². The monoisotopic (exact) mass is 433 g/mol. The van der Waals surface area contributed by atoms with Gasteiger partial charge >= 0.3 is 0 Å². The molecule has 1 aromatic rings. The van der Waals surface area contributed by atoms with Crippen molar-refractivity contribution >= 4 is 32.4 Å². The average molecular weight is 434 g/mol. The summed E-state index contributed by atoms with van der Waals surface area (Å²) in [6.45, 7) is 12.1. The van der Waals surface area contributed by atoms with Gasteiger partial charge in [-0.2, -0.15) is 0 Å². The molecule has 3 rings (SSSR count). The minimum Gasteiger partial charge on any atom is -0.546 e. The van der Waals surface area contributed by atoms with Crippen molar-refractivity contribution in [2.75, 3.05) is 0 Å². The fourth-order valence-corrected chi connectivity index (χ4v) is 4.35. The summed E-state index contributed by atoms with van der Waals surface area (Å²) in [6.07, 6.45) is 7.61. The highest BCUT2D eigenvalue weighted by molar-refractivity contribution is 6.49. The van der Waals surface area contributed by atoms with Gasteiger partial charge < -0.3 is 4.43 Å². The van der Waals surface area contributed by atoms with Crippen LogP contribution in [0.2, 0.25) is 13.1 Å². The lowest BCUT2D eigenvalue weighted by Crippen LogP contribution is -2.15. The van der Waals surface area contributed by atoms with Crippen LogP contribution in [0.3, 0.4) is 0 Å². The lowest BCUT2D eigenvalue weighted by atomic mass is 9.85. The molecule has 2 aliphatic carbocycles. The summed E-state index contributed by atoms with van der Waals surface area (Å²) in [6, 6.07) is 3.73. The van der Waals surface area contributed by atoms with E-state index in [1.54, 1.807) is 12.2 Å². The molecule has 0 N–H and O–H groups in total. The maximum atomic E-state index is 13.1. The van der Waals surface area contributed by atoms with E-state index in [2.05, 4.69) is 10.0 Å². The van der Waals surface area contributed by atoms with Crippen molar-refractivity contribution in [2.45, 2.75) is 52.6 Å². The minimum atomic E-state index is -1.57. The van der Waals surface area contributed by atoms with E-state index in [0.717, 1.165) is 11.1 Å². The highest BCUT2D eigenvalue weighted by atomic mass is 28.3. The van der Waals surface area contributed by atoms with Crippen LogP contribution in [-0.2, 0) is 15.0 Å². The lowest BCUT2D eigenvalue weighted by Gasteiger charge is -2.23. The summed E-state index contributed by atoms with van der Waals surface area (Å²) in [4.78, 5) is 29.1. The van der Waals surface area contributed by atoms with Crippen molar-refractivity contribution in [1.29, 1.82) is 0 Å². The molecule has 0 unspecified atom stereocenters. The fraction of sp³-hybridized carbons (Fsp3) is 0.333. The highest BCUT2D eigenvalue weighted by Gasteiger charge is 2.36. The van der Waals surface area contributed by atoms with Gasteiger partial charge in [0.05, 0.1) is 11.3 Å². The zero-order valence-electron chi connectivity index (χ0n) is 18.8. The fourth-order valence-electron chi connectivity index (χ4n) is 3.62. The number of allylic oxidation sites excluding steroid dienone is 7. The van der Waals surface area contributed by atoms with Gasteiger partial charge in [-0.25, -0.2) is 0 Å². The highest BCUT2D eigenvalue weighted by Crippen LogP contribution is 2.41. The van der Waals surface area contributed by atoms with Gasteiger partial charge in [0.15, 0.2) is 11.6 Å². The predicted molar refractivity (Wildman–Crippen MR) is 126 cm³/mol. The van der Waals surface area contributed by atoms with Crippen LogP contribution in [0.1, 0.15) is 45.2 Å². The number of azide groups is 1. The molecule has 0 aliphatic heterocycles. The van der Waals surface area contributed by atoms with Crippen molar-refractivity contribution in [1.82, 2.24) is 0 Å². The number of hydrogen-bond acceptors (Lipinski definition) is 4. The Morgan fingerprint density at radius 2 is 1.87 bits per heavy atom. The summed E-state index contributed by atoms with van der Waals surface area (Å²) in [5.74, 6) is -0.0938. The lowest BCUT2D eigenvalue weighted by molar-refractivity contribution is -0.115. The molecule has 31 heavy (non-hydrogen) atoms. The molecule has 0 fully saturated rings. The van der Waals surface area contributed by atoms with Crippen LogP contribution in [0.15, 0.2) is 57.8 Å². The Morgan fingerprint density at radius 1 is 1.16 bits per heavy atom. The number of carbonyl (C=O) groups is 2. The Labute approximate surface area is 184 Å². The topological polar surface area (TPSA) is 92.1 Å². The maximum Gasteiger partial charge on any atom is 0.229 e. The number of rotatable bonds is 4. The third-order valence-electron chi connectivity index (χ3n) is 5.32. The first kappa shape index (κ1) is 22.5. The average Bonchev–Trinajstić information content (AvgIpc) is 2.93. The first-order valence-electron chi connectivity index (χ1n) is 10.3. The molecule has 0 heterocycles. The number of hydrogen-bond donors (Lipinski definition) is 0. The van der Waals surface area contributed by atoms with Gasteiger partial charge in [-0.05, 0) is 60.3 Å². The Kier molecular flexibility index (Phi) is 6.20. The van der Waals surface area contributed by atoms with Crippen LogP contribution < -0.4 is 4.43 Å². The van der Waals surface area contributed by atoms with Gasteiger partial charge in [-0.15, -0.1) is 0 Å². The van der Waals surface area contributed by atoms with Crippen LogP contribution >= 0.6 is 0 Å². The third kappa shape index (κ3) is 4.48. The van der Waals surface area contributed by atoms with E-state index in [1.807, 2.05) is 65.1 Å². The Balaban J connectivity index is 2.20. The van der Waals surface area contributed by atoms with E-state index in [0.29, 0.717) is 34.6 Å². The normalized spacial score (nSPS) is 18.8. The second-order valence-electron chi connectivity index (χ2n) is 9.00. The molecule has 0 atom stereocenters. The number of carbonyl (C=O) groups excluding carboxylic acids is 2. The minimum absolute atomic E-state index is 0.125. The number of nitrogens with zero attached hydrogens (tertiary/aromatic N) is 3. The summed E-state index contributed by atoms with van der Waals surface area (Å²) >= 11 is 0. The molecule has 2 aliphatic rings. The van der Waals surface area contributed by atoms with E-state index in [4.69, 9.17) is 9.96 Å². The van der Waals surface area contributed by atoms with Crippen molar-refractivity contribution in [3.8, 4) is 5.75 Å². The molecule has 160 valence electrons. The molecule has 7 heteroatoms. The van der Waals surface area contributed by atoms with E-state index in [9.17, 15) is 9.59 Å². The zero-order chi connectivity index (χ0) is 22.9. The molecule has 0 bridgehead atoms. The van der Waals surface area contributed by atoms with E-state index < -0.39 is 9.04 Å². The molecule has 0 radical (unpaired) electrons. The Hall–Kier alpha value is -3.15. The summed E-state index contributed by atoms with van der Waals surface area (Å²) < 4.78 is 6.10. The first-order chi connectivity index (χ1) is 14.6. The van der Waals surface area contributed by atoms with Gasteiger partial charge in [0.2, 0.25) is 9.04 Å². The quantitative estimate of drug-likeness (QED) is 0.145. The molecule has 0 aromatic heterocycles. The molecule has 0 saturated carbocycles. The third-order valence-corrected chi connectivity index (χ3v) is 6.03. The Morgan fingerprint density at radius 3 is 2.45 bits per heavy atom. The molecular weight excluding hydrogens is 406 g/mol. The van der Waals surface area contributed by atoms with Gasteiger partial charge in [-0.1, -0.05) is 44.1 Å². The van der Waals surface area contributed by atoms with Gasteiger partial charge in [0, 0.05) is 28.0 Å². The smallest absolute Gasteiger partial charge is 0.229 e. The standard InChI is InChI=1S/C24H27N3O3Si/c1-7-14-8-9-17-18(10-14)22(29)19(21(17)28)12-15-11-16(24(2,3)4)13-20(26-27-25)23(15)30-31(5)6/h7-9,11-13,31H,10H2,1-6H3/b14-7-,19-12-. The van der Waals surface area contributed by atoms with Crippen molar-refractivity contribution in [2.24, 2.45) is 5.11 Å². The van der Waals surface area contributed by atoms with Crippen molar-refractivity contribution in [3.63, 3.8) is 0 Å². The van der Waals surface area contributed by atoms with E-state index >= 15 is 0 Å². The number of ketones is 2. The van der Waals surface area contributed by atoms with E-state index in [-0.39, 0.29) is 22.6 Å². The van der Waals surface area contributed by atoms with Crippen LogP contribution in [0, 0.1) is 0 Å². The molecule has 0 amide bonds. The SMILES string of the molecule is C/C=C1/C=CC2=C(C1)C(=O)/C(=C\c1cc(C(C)(C)C)cc(N=[N+]=[N-])c1O[SiH](C)C)C2=O. The molecule has 6 nitrogen and oxygen atoms in total. The predicted octanol–water partition coefficient (Wildman–Crippen LogP) is 6.03. The first-order valence-corrected chi connectivity index (χ1v) is 13.1. The molecule has 0 spiro atoms. The zero-order valence-corrected chi connectivity index (χ0v) is 20.0.